The molecule has 1 unspecified atom stereocenters. The summed E-state index contributed by atoms with van der Waals surface area (Å²) in [4.78, 5) is 21.8. The van der Waals surface area contributed by atoms with Crippen LogP contribution < -0.4 is 15.2 Å². The van der Waals surface area contributed by atoms with Crippen LogP contribution >= 0.6 is 15.9 Å². The average Bonchev–Trinajstić information content (AvgIpc) is 2.94. The highest BCUT2D eigenvalue weighted by Gasteiger charge is 2.12. The minimum absolute atomic E-state index is 0.0734. The Labute approximate surface area is 237 Å². The number of rotatable bonds is 10. The molecule has 0 aliphatic carbocycles. The number of nitrogens with two attached hydrogens (primary N) is 1. The van der Waals surface area contributed by atoms with Gasteiger partial charge in [0.15, 0.2) is 0 Å². The fourth-order valence-corrected chi connectivity index (χ4v) is 3.97. The summed E-state index contributed by atoms with van der Waals surface area (Å²) in [5.41, 5.74) is 8.73. The van der Waals surface area contributed by atoms with E-state index in [0.29, 0.717) is 17.7 Å². The van der Waals surface area contributed by atoms with Crippen molar-refractivity contribution in [2.75, 3.05) is 0 Å². The Morgan fingerprint density at radius 1 is 0.897 bits per heavy atom. The lowest BCUT2D eigenvalue weighted by Gasteiger charge is -2.14. The Bertz CT molecular complexity index is 1370. The van der Waals surface area contributed by atoms with E-state index in [9.17, 15) is 9.59 Å². The number of para-hydroxylation sites is 2. The van der Waals surface area contributed by atoms with E-state index < -0.39 is 11.9 Å². The van der Waals surface area contributed by atoms with Crippen LogP contribution in [0.25, 0.3) is 11.1 Å². The first-order valence-electron chi connectivity index (χ1n) is 12.7. The molecule has 3 N–H and O–H groups in total. The number of halogens is 1. The van der Waals surface area contributed by atoms with Gasteiger partial charge in [-0.15, -0.1) is 0 Å². The Balaban J connectivity index is 0.000000242. The van der Waals surface area contributed by atoms with Gasteiger partial charge in [0.05, 0.1) is 11.7 Å². The van der Waals surface area contributed by atoms with Crippen LogP contribution in [-0.4, -0.2) is 23.1 Å². The Morgan fingerprint density at radius 2 is 1.56 bits per heavy atom. The molecule has 0 radical (unpaired) electrons. The summed E-state index contributed by atoms with van der Waals surface area (Å²) in [5, 5.41) is 8.77. The molecule has 0 bridgehead atoms. The van der Waals surface area contributed by atoms with E-state index in [-0.39, 0.29) is 12.5 Å². The highest BCUT2D eigenvalue weighted by molar-refractivity contribution is 9.10. The number of hydrogen-bond acceptors (Lipinski definition) is 4. The number of aliphatic carboxylic acids is 1. The molecular weight excluding hydrogens is 558 g/mol. The van der Waals surface area contributed by atoms with Crippen LogP contribution in [0.15, 0.2) is 102 Å². The molecule has 0 fully saturated rings. The van der Waals surface area contributed by atoms with Crippen molar-refractivity contribution in [1.29, 1.82) is 0 Å². The lowest BCUT2D eigenvalue weighted by atomic mass is 10.0. The molecule has 1 amide bonds. The zero-order valence-electron chi connectivity index (χ0n) is 22.0. The number of benzene rings is 4. The van der Waals surface area contributed by atoms with E-state index in [1.54, 1.807) is 12.1 Å². The smallest absolute Gasteiger partial charge is 0.303 e. The molecule has 0 saturated heterocycles. The van der Waals surface area contributed by atoms with E-state index in [1.165, 1.54) is 0 Å². The zero-order chi connectivity index (χ0) is 28.2. The SMILES string of the molecule is CCC(C)Oc1ccc(Br)cc1C(N)=O.O=C(O)CCc1ccc(-c2ccccc2Oc2ccccc2)cc1. The highest BCUT2D eigenvalue weighted by atomic mass is 79.9. The van der Waals surface area contributed by atoms with Gasteiger partial charge in [0, 0.05) is 16.5 Å². The number of carbonyl (C=O) groups excluding carboxylic acids is 1. The molecule has 0 heterocycles. The van der Waals surface area contributed by atoms with Crippen LogP contribution in [0.5, 0.6) is 17.2 Å². The summed E-state index contributed by atoms with van der Waals surface area (Å²) >= 11 is 3.28. The molecular formula is C32H32BrNO5. The number of hydrogen-bond donors (Lipinski definition) is 2. The number of amides is 1. The van der Waals surface area contributed by atoms with Gasteiger partial charge in [-0.2, -0.15) is 0 Å². The molecule has 0 spiro atoms. The summed E-state index contributed by atoms with van der Waals surface area (Å²) < 4.78 is 12.4. The van der Waals surface area contributed by atoms with Gasteiger partial charge in [0.25, 0.3) is 5.91 Å². The molecule has 4 rings (SSSR count). The second kappa shape index (κ2) is 14.7. The fourth-order valence-electron chi connectivity index (χ4n) is 3.61. The van der Waals surface area contributed by atoms with Crippen molar-refractivity contribution in [1.82, 2.24) is 0 Å². The van der Waals surface area contributed by atoms with Crippen molar-refractivity contribution in [3.8, 4) is 28.4 Å². The second-order valence-electron chi connectivity index (χ2n) is 8.84. The summed E-state index contributed by atoms with van der Waals surface area (Å²) in [7, 11) is 0. The Hall–Kier alpha value is -4.10. The number of ether oxygens (including phenoxy) is 2. The maximum Gasteiger partial charge on any atom is 0.303 e. The van der Waals surface area contributed by atoms with Gasteiger partial charge in [-0.3, -0.25) is 9.59 Å². The minimum atomic E-state index is -0.777. The van der Waals surface area contributed by atoms with Gasteiger partial charge in [-0.25, -0.2) is 0 Å². The lowest BCUT2D eigenvalue weighted by Crippen LogP contribution is -2.16. The maximum atomic E-state index is 11.2. The summed E-state index contributed by atoms with van der Waals surface area (Å²) in [6.07, 6.45) is 1.64. The van der Waals surface area contributed by atoms with Crippen molar-refractivity contribution < 1.29 is 24.2 Å². The number of carboxylic acid groups (broad SMARTS) is 1. The molecule has 7 heteroatoms. The van der Waals surface area contributed by atoms with E-state index in [4.69, 9.17) is 20.3 Å². The van der Waals surface area contributed by atoms with Crippen LogP contribution in [0.1, 0.15) is 42.6 Å². The second-order valence-corrected chi connectivity index (χ2v) is 9.76. The molecule has 0 aliphatic heterocycles. The lowest BCUT2D eigenvalue weighted by molar-refractivity contribution is -0.136. The van der Waals surface area contributed by atoms with Gasteiger partial charge in [0.1, 0.15) is 17.2 Å². The van der Waals surface area contributed by atoms with Crippen molar-refractivity contribution in [2.45, 2.75) is 39.2 Å². The average molecular weight is 591 g/mol. The third-order valence-corrected chi connectivity index (χ3v) is 6.35. The Morgan fingerprint density at radius 3 is 2.21 bits per heavy atom. The van der Waals surface area contributed by atoms with Gasteiger partial charge in [0.2, 0.25) is 0 Å². The topological polar surface area (TPSA) is 98.9 Å². The van der Waals surface area contributed by atoms with Gasteiger partial charge >= 0.3 is 5.97 Å². The van der Waals surface area contributed by atoms with Gasteiger partial charge < -0.3 is 20.3 Å². The van der Waals surface area contributed by atoms with Crippen LogP contribution in [0.2, 0.25) is 0 Å². The summed E-state index contributed by atoms with van der Waals surface area (Å²) in [5.74, 6) is 0.875. The van der Waals surface area contributed by atoms with Crippen molar-refractivity contribution >= 4 is 27.8 Å². The molecule has 0 saturated carbocycles. The molecule has 4 aromatic carbocycles. The first-order chi connectivity index (χ1) is 18.8. The molecule has 4 aromatic rings. The maximum absolute atomic E-state index is 11.2. The highest BCUT2D eigenvalue weighted by Crippen LogP contribution is 2.33. The van der Waals surface area contributed by atoms with Gasteiger partial charge in [-0.05, 0) is 67.3 Å². The molecule has 39 heavy (non-hydrogen) atoms. The van der Waals surface area contributed by atoms with Crippen LogP contribution in [0, 0.1) is 0 Å². The number of aryl methyl sites for hydroxylation is 1. The zero-order valence-corrected chi connectivity index (χ0v) is 23.6. The van der Waals surface area contributed by atoms with E-state index >= 15 is 0 Å². The van der Waals surface area contributed by atoms with Crippen LogP contribution in [0.4, 0.5) is 0 Å². The molecule has 202 valence electrons. The summed E-state index contributed by atoms with van der Waals surface area (Å²) in [6, 6.07) is 30.8. The monoisotopic (exact) mass is 589 g/mol. The van der Waals surface area contributed by atoms with E-state index in [2.05, 4.69) is 15.9 Å². The minimum Gasteiger partial charge on any atom is -0.490 e. The third-order valence-electron chi connectivity index (χ3n) is 5.86. The number of carbonyl (C=O) groups is 2. The van der Waals surface area contributed by atoms with Crippen molar-refractivity contribution in [3.05, 3.63) is 113 Å². The third kappa shape index (κ3) is 9.30. The first kappa shape index (κ1) is 29.5. The number of carboxylic acids is 1. The Kier molecular flexibility index (Phi) is 11.1. The van der Waals surface area contributed by atoms with Crippen LogP contribution in [0.3, 0.4) is 0 Å². The van der Waals surface area contributed by atoms with E-state index in [1.807, 2.05) is 98.8 Å². The predicted octanol–water partition coefficient (Wildman–Crippen LogP) is 7.89. The van der Waals surface area contributed by atoms with Gasteiger partial charge in [-0.1, -0.05) is 83.5 Å². The van der Waals surface area contributed by atoms with E-state index in [0.717, 1.165) is 39.1 Å². The fraction of sp³-hybridized carbons (Fsp3) is 0.188. The normalized spacial score (nSPS) is 11.1. The first-order valence-corrected chi connectivity index (χ1v) is 13.4. The van der Waals surface area contributed by atoms with Crippen molar-refractivity contribution in [2.24, 2.45) is 5.73 Å². The molecule has 0 aliphatic rings. The molecule has 6 nitrogen and oxygen atoms in total. The van der Waals surface area contributed by atoms with Crippen molar-refractivity contribution in [3.63, 3.8) is 0 Å². The predicted molar refractivity (Wildman–Crippen MR) is 157 cm³/mol. The molecule has 0 aromatic heterocycles. The van der Waals surface area contributed by atoms with Crippen LogP contribution in [-0.2, 0) is 11.2 Å². The molecule has 1 atom stereocenters. The standard InChI is InChI=1S/C21H18O3.C11H14BrNO2/c22-21(23)15-12-16-10-13-17(14-11-16)19-8-4-5-9-20(19)24-18-6-2-1-3-7-18;1-3-7(2)15-10-5-4-8(12)6-9(10)11(13)14/h1-11,13-14H,12,15H2,(H,22,23);4-7H,3H2,1-2H3,(H2,13,14). The summed E-state index contributed by atoms with van der Waals surface area (Å²) in [6.45, 7) is 3.97. The quantitative estimate of drug-likeness (QED) is 0.196. The number of primary amides is 1. The largest absolute Gasteiger partial charge is 0.490 e.